The molecule has 0 radical (unpaired) electrons. The Morgan fingerprint density at radius 1 is 1.22 bits per heavy atom. The van der Waals surface area contributed by atoms with Crippen LogP contribution < -0.4 is 10.6 Å². The van der Waals surface area contributed by atoms with Crippen LogP contribution in [-0.2, 0) is 29.0 Å². The molecule has 8 nitrogen and oxygen atoms in total. The van der Waals surface area contributed by atoms with E-state index in [1.807, 2.05) is 0 Å². The molecule has 3 N–H and O–H groups in total. The first-order valence-corrected chi connectivity index (χ1v) is 13.2. The van der Waals surface area contributed by atoms with Crippen molar-refractivity contribution in [2.24, 2.45) is 0 Å². The normalized spacial score (nSPS) is 15.6. The minimum atomic E-state index is -1.06. The van der Waals surface area contributed by atoms with Crippen molar-refractivity contribution in [2.45, 2.75) is 70.1 Å². The molecular weight excluding hydrogens is 480 g/mol. The molecule has 1 saturated carbocycles. The van der Waals surface area contributed by atoms with Gasteiger partial charge in [0.05, 0.1) is 0 Å². The van der Waals surface area contributed by atoms with E-state index < -0.39 is 18.1 Å². The van der Waals surface area contributed by atoms with Crippen LogP contribution in [0.25, 0.3) is 0 Å². The first kappa shape index (κ1) is 26.2. The summed E-state index contributed by atoms with van der Waals surface area (Å²) in [5.41, 5.74) is 3.17. The second-order valence-electron chi connectivity index (χ2n) is 9.59. The lowest BCUT2D eigenvalue weighted by atomic mass is 10.1. The van der Waals surface area contributed by atoms with Gasteiger partial charge in [-0.25, -0.2) is 14.6 Å². The summed E-state index contributed by atoms with van der Waals surface area (Å²) in [6.45, 7) is 2.56. The Kier molecular flexibility index (Phi) is 9.41. The molecule has 36 heavy (non-hydrogen) atoms. The molecule has 1 aromatic heterocycles. The Balaban J connectivity index is 1.19. The van der Waals surface area contributed by atoms with E-state index >= 15 is 0 Å². The van der Waals surface area contributed by atoms with E-state index in [4.69, 9.17) is 21.3 Å². The molecule has 4 rings (SSSR count). The Morgan fingerprint density at radius 2 is 2.08 bits per heavy atom. The molecular formula is C27H35ClN4O4. The number of ether oxygens (including phenoxy) is 1. The number of carbonyl (C=O) groups excluding carboxylic acids is 1. The number of hydrogen-bond donors (Lipinski definition) is 3. The van der Waals surface area contributed by atoms with Gasteiger partial charge in [0.15, 0.2) is 0 Å². The van der Waals surface area contributed by atoms with Gasteiger partial charge in [-0.3, -0.25) is 0 Å². The third-order valence-corrected chi connectivity index (χ3v) is 6.93. The molecule has 1 aliphatic heterocycles. The van der Waals surface area contributed by atoms with E-state index in [2.05, 4.69) is 27.7 Å². The Bertz CT molecular complexity index is 1050. The number of carbonyl (C=O) groups is 2. The fourth-order valence-electron chi connectivity index (χ4n) is 4.56. The third-order valence-electron chi connectivity index (χ3n) is 6.70. The number of amides is 1. The highest BCUT2D eigenvalue weighted by atomic mass is 35.5. The lowest BCUT2D eigenvalue weighted by molar-refractivity contribution is -0.139. The zero-order chi connectivity index (χ0) is 25.3. The number of rotatable bonds is 13. The predicted molar refractivity (Wildman–Crippen MR) is 139 cm³/mol. The fraction of sp³-hybridized carbons (Fsp3) is 0.519. The number of carboxylic acid groups (broad SMARTS) is 1. The Morgan fingerprint density at radius 3 is 2.86 bits per heavy atom. The van der Waals surface area contributed by atoms with E-state index in [1.165, 1.54) is 5.56 Å². The fourth-order valence-corrected chi connectivity index (χ4v) is 4.77. The van der Waals surface area contributed by atoms with Gasteiger partial charge < -0.3 is 25.4 Å². The molecule has 1 unspecified atom stereocenters. The van der Waals surface area contributed by atoms with Crippen molar-refractivity contribution in [3.8, 4) is 0 Å². The summed E-state index contributed by atoms with van der Waals surface area (Å²) in [7, 11) is 0. The number of nitrogens with zero attached hydrogens (tertiary/aromatic N) is 2. The quantitative estimate of drug-likeness (QED) is 0.334. The molecule has 1 aliphatic carbocycles. The average Bonchev–Trinajstić information content (AvgIpc) is 3.71. The maximum absolute atomic E-state index is 12.2. The van der Waals surface area contributed by atoms with Gasteiger partial charge in [-0.05, 0) is 87.2 Å². The van der Waals surface area contributed by atoms with Crippen LogP contribution in [0.1, 0.15) is 55.3 Å². The second-order valence-corrected chi connectivity index (χ2v) is 10.0. The van der Waals surface area contributed by atoms with E-state index in [1.54, 1.807) is 24.3 Å². The first-order chi connectivity index (χ1) is 17.5. The Hall–Kier alpha value is -2.84. The van der Waals surface area contributed by atoms with Gasteiger partial charge in [0.25, 0.3) is 0 Å². The number of pyridine rings is 1. The molecule has 2 aliphatic rings. The number of benzene rings is 1. The van der Waals surface area contributed by atoms with Gasteiger partial charge >= 0.3 is 12.1 Å². The minimum absolute atomic E-state index is 0.0298. The predicted octanol–water partition coefficient (Wildman–Crippen LogP) is 4.65. The van der Waals surface area contributed by atoms with Gasteiger partial charge in [-0.2, -0.15) is 0 Å². The zero-order valence-corrected chi connectivity index (χ0v) is 21.3. The van der Waals surface area contributed by atoms with Crippen LogP contribution in [0.4, 0.5) is 10.6 Å². The summed E-state index contributed by atoms with van der Waals surface area (Å²) >= 11 is 5.95. The number of alkyl carbamates (subject to hydrolysis) is 1. The SMILES string of the molecule is O=C(NC(CCN(CCCCc1ccc2c(n1)NCCC2)C1CC1)C(=O)O)OCc1cccc(Cl)c1. The van der Waals surface area contributed by atoms with Crippen LogP contribution >= 0.6 is 11.6 Å². The second kappa shape index (κ2) is 12.9. The maximum atomic E-state index is 12.2. The summed E-state index contributed by atoms with van der Waals surface area (Å²) in [5, 5.41) is 16.1. The molecule has 1 aromatic carbocycles. The highest BCUT2D eigenvalue weighted by Gasteiger charge is 2.30. The lowest BCUT2D eigenvalue weighted by Crippen LogP contribution is -2.43. The minimum Gasteiger partial charge on any atom is -0.480 e. The molecule has 0 saturated heterocycles. The van der Waals surface area contributed by atoms with Crippen LogP contribution in [-0.4, -0.2) is 58.8 Å². The molecule has 1 amide bonds. The summed E-state index contributed by atoms with van der Waals surface area (Å²) in [5.74, 6) is -0.0193. The summed E-state index contributed by atoms with van der Waals surface area (Å²) < 4.78 is 5.19. The number of nitrogens with one attached hydrogen (secondary N) is 2. The van der Waals surface area contributed by atoms with Gasteiger partial charge in [0.2, 0.25) is 0 Å². The topological polar surface area (TPSA) is 104 Å². The number of anilines is 1. The number of aryl methyl sites for hydroxylation is 2. The van der Waals surface area contributed by atoms with Gasteiger partial charge in [-0.1, -0.05) is 29.8 Å². The molecule has 1 atom stereocenters. The summed E-state index contributed by atoms with van der Waals surface area (Å²) in [6.07, 6.45) is 7.12. The van der Waals surface area contributed by atoms with Crippen LogP contribution in [0.5, 0.6) is 0 Å². The molecule has 2 aromatic rings. The first-order valence-electron chi connectivity index (χ1n) is 12.8. The van der Waals surface area contributed by atoms with E-state index in [-0.39, 0.29) is 6.61 Å². The molecule has 9 heteroatoms. The smallest absolute Gasteiger partial charge is 0.408 e. The summed E-state index contributed by atoms with van der Waals surface area (Å²) in [4.78, 5) is 31.1. The third kappa shape index (κ3) is 8.10. The number of aromatic nitrogens is 1. The van der Waals surface area contributed by atoms with Crippen molar-refractivity contribution in [1.82, 2.24) is 15.2 Å². The van der Waals surface area contributed by atoms with Crippen molar-refractivity contribution in [3.05, 3.63) is 58.2 Å². The highest BCUT2D eigenvalue weighted by molar-refractivity contribution is 6.30. The van der Waals surface area contributed by atoms with Crippen LogP contribution in [0.15, 0.2) is 36.4 Å². The standard InChI is InChI=1S/C27H35ClN4O4/c28-21-7-3-5-19(17-21)18-36-27(35)31-24(26(33)34)13-16-32(23-11-12-23)15-2-1-8-22-10-9-20-6-4-14-29-25(20)30-22/h3,5,7,9-10,17,23-24H,1-2,4,6,8,11-16,18H2,(H,29,30)(H,31,35)(H,33,34). The largest absolute Gasteiger partial charge is 0.480 e. The van der Waals surface area contributed by atoms with Crippen molar-refractivity contribution in [3.63, 3.8) is 0 Å². The maximum Gasteiger partial charge on any atom is 0.408 e. The zero-order valence-electron chi connectivity index (χ0n) is 20.5. The molecule has 0 bridgehead atoms. The van der Waals surface area contributed by atoms with Crippen LogP contribution in [0, 0.1) is 0 Å². The van der Waals surface area contributed by atoms with Crippen molar-refractivity contribution in [2.75, 3.05) is 25.0 Å². The van der Waals surface area contributed by atoms with Crippen molar-refractivity contribution >= 4 is 29.5 Å². The monoisotopic (exact) mass is 514 g/mol. The highest BCUT2D eigenvalue weighted by Crippen LogP contribution is 2.27. The van der Waals surface area contributed by atoms with Crippen molar-refractivity contribution in [1.29, 1.82) is 0 Å². The van der Waals surface area contributed by atoms with E-state index in [9.17, 15) is 14.7 Å². The number of unbranched alkanes of at least 4 members (excludes halogenated alkanes) is 1. The summed E-state index contributed by atoms with van der Waals surface area (Å²) in [6, 6.07) is 10.9. The average molecular weight is 515 g/mol. The molecule has 2 heterocycles. The molecule has 194 valence electrons. The van der Waals surface area contributed by atoms with E-state index in [0.29, 0.717) is 24.0 Å². The molecule has 1 fully saturated rings. The number of aliphatic carboxylic acids is 1. The van der Waals surface area contributed by atoms with Gasteiger partial charge in [-0.15, -0.1) is 0 Å². The van der Waals surface area contributed by atoms with Gasteiger partial charge in [0.1, 0.15) is 18.5 Å². The number of carboxylic acids is 1. The number of fused-ring (bicyclic) bond motifs is 1. The van der Waals surface area contributed by atoms with Crippen molar-refractivity contribution < 1.29 is 19.4 Å². The lowest BCUT2D eigenvalue weighted by Gasteiger charge is -2.24. The van der Waals surface area contributed by atoms with E-state index in [0.717, 1.165) is 75.1 Å². The number of hydrogen-bond acceptors (Lipinski definition) is 6. The number of halogens is 1. The van der Waals surface area contributed by atoms with Gasteiger partial charge in [0, 0.05) is 29.8 Å². The Labute approximate surface area is 217 Å². The van der Waals surface area contributed by atoms with Crippen LogP contribution in [0.3, 0.4) is 0 Å². The molecule has 0 spiro atoms. The van der Waals surface area contributed by atoms with Crippen LogP contribution in [0.2, 0.25) is 5.02 Å².